The second-order valence-electron chi connectivity index (χ2n) is 6.07. The quantitative estimate of drug-likeness (QED) is 0.343. The van der Waals surface area contributed by atoms with Crippen molar-refractivity contribution in [1.82, 2.24) is 4.57 Å². The molecule has 136 valence electrons. The zero-order valence-corrected chi connectivity index (χ0v) is 17.6. The molecular formula is C23H21BrN2S. The molecule has 0 N–H and O–H groups in total. The number of halogens is 1. The van der Waals surface area contributed by atoms with Crippen molar-refractivity contribution in [3.8, 4) is 16.9 Å². The summed E-state index contributed by atoms with van der Waals surface area (Å²) in [5.41, 5.74) is 5.81. The van der Waals surface area contributed by atoms with Crippen LogP contribution in [0.25, 0.3) is 16.9 Å². The lowest BCUT2D eigenvalue weighted by Gasteiger charge is -2.10. The van der Waals surface area contributed by atoms with Gasteiger partial charge in [0.15, 0.2) is 4.80 Å². The number of nitrogens with zero attached hydrogens (tertiary/aromatic N) is 2. The van der Waals surface area contributed by atoms with E-state index in [0.29, 0.717) is 0 Å². The summed E-state index contributed by atoms with van der Waals surface area (Å²) in [4.78, 5) is 5.85. The summed E-state index contributed by atoms with van der Waals surface area (Å²) in [6.45, 7) is 2.18. The molecule has 1 heterocycles. The molecule has 0 aliphatic carbocycles. The predicted molar refractivity (Wildman–Crippen MR) is 120 cm³/mol. The van der Waals surface area contributed by atoms with Gasteiger partial charge in [-0.15, -0.1) is 28.3 Å². The first-order chi connectivity index (χ1) is 12.8. The largest absolute Gasteiger partial charge is 0.285 e. The normalized spacial score (nSPS) is 11.2. The van der Waals surface area contributed by atoms with Crippen molar-refractivity contribution < 1.29 is 0 Å². The van der Waals surface area contributed by atoms with Gasteiger partial charge in [0.05, 0.1) is 11.4 Å². The minimum Gasteiger partial charge on any atom is -0.285 e. The summed E-state index contributed by atoms with van der Waals surface area (Å²) in [5, 5.41) is 2.19. The summed E-state index contributed by atoms with van der Waals surface area (Å²) >= 11 is 1.67. The van der Waals surface area contributed by atoms with Crippen LogP contribution < -0.4 is 4.80 Å². The van der Waals surface area contributed by atoms with Gasteiger partial charge in [-0.25, -0.2) is 4.99 Å². The Bertz CT molecular complexity index is 1050. The van der Waals surface area contributed by atoms with Gasteiger partial charge >= 0.3 is 0 Å². The highest BCUT2D eigenvalue weighted by molar-refractivity contribution is 8.93. The molecule has 4 heteroatoms. The average Bonchev–Trinajstić information content (AvgIpc) is 3.13. The van der Waals surface area contributed by atoms with E-state index >= 15 is 0 Å². The number of rotatable bonds is 4. The summed E-state index contributed by atoms with van der Waals surface area (Å²) in [7, 11) is 0. The minimum absolute atomic E-state index is 0. The van der Waals surface area contributed by atoms with Crippen LogP contribution in [0.5, 0.6) is 0 Å². The van der Waals surface area contributed by atoms with E-state index in [1.807, 2.05) is 36.4 Å². The second-order valence-corrected chi connectivity index (χ2v) is 6.91. The van der Waals surface area contributed by atoms with Gasteiger partial charge in [0.25, 0.3) is 0 Å². The van der Waals surface area contributed by atoms with Crippen LogP contribution in [0.4, 0.5) is 5.69 Å². The van der Waals surface area contributed by atoms with Gasteiger partial charge in [-0.3, -0.25) is 4.57 Å². The molecule has 4 rings (SSSR count). The Morgan fingerprint density at radius 1 is 0.815 bits per heavy atom. The van der Waals surface area contributed by atoms with Crippen molar-refractivity contribution >= 4 is 34.0 Å². The van der Waals surface area contributed by atoms with E-state index < -0.39 is 0 Å². The fourth-order valence-electron chi connectivity index (χ4n) is 2.94. The van der Waals surface area contributed by atoms with Gasteiger partial charge in [0.1, 0.15) is 0 Å². The summed E-state index contributed by atoms with van der Waals surface area (Å²) in [6.07, 6.45) is 1.05. The molecule has 0 aliphatic rings. The SMILES string of the molecule is Br.CCc1ccc(-c2csc(=Nc3ccccc3)n2-c2ccccc2)cc1. The molecule has 0 aliphatic heterocycles. The highest BCUT2D eigenvalue weighted by atomic mass is 79.9. The van der Waals surface area contributed by atoms with Crippen molar-refractivity contribution in [2.75, 3.05) is 0 Å². The van der Waals surface area contributed by atoms with Gasteiger partial charge in [-0.1, -0.05) is 67.6 Å². The molecule has 3 aromatic carbocycles. The number of aryl methyl sites for hydroxylation is 1. The molecule has 0 saturated carbocycles. The van der Waals surface area contributed by atoms with Crippen LogP contribution in [-0.4, -0.2) is 4.57 Å². The first-order valence-electron chi connectivity index (χ1n) is 8.80. The zero-order chi connectivity index (χ0) is 17.8. The molecule has 2 nitrogen and oxygen atoms in total. The smallest absolute Gasteiger partial charge is 0.195 e. The molecular weight excluding hydrogens is 416 g/mol. The van der Waals surface area contributed by atoms with Crippen molar-refractivity contribution in [2.45, 2.75) is 13.3 Å². The Hall–Kier alpha value is -2.43. The molecule has 0 spiro atoms. The topological polar surface area (TPSA) is 17.3 Å². The van der Waals surface area contributed by atoms with E-state index in [0.717, 1.165) is 22.6 Å². The van der Waals surface area contributed by atoms with Gasteiger partial charge in [0, 0.05) is 11.1 Å². The molecule has 0 bridgehead atoms. The lowest BCUT2D eigenvalue weighted by molar-refractivity contribution is 1.01. The van der Waals surface area contributed by atoms with Crippen LogP contribution in [-0.2, 0) is 6.42 Å². The maximum Gasteiger partial charge on any atom is 0.195 e. The van der Waals surface area contributed by atoms with E-state index in [2.05, 4.69) is 65.4 Å². The molecule has 0 unspecified atom stereocenters. The first-order valence-corrected chi connectivity index (χ1v) is 9.68. The number of hydrogen-bond acceptors (Lipinski definition) is 2. The van der Waals surface area contributed by atoms with E-state index in [1.165, 1.54) is 16.8 Å². The highest BCUT2D eigenvalue weighted by Crippen LogP contribution is 2.24. The van der Waals surface area contributed by atoms with Crippen molar-refractivity contribution in [1.29, 1.82) is 0 Å². The lowest BCUT2D eigenvalue weighted by Crippen LogP contribution is -2.13. The Morgan fingerprint density at radius 3 is 2.07 bits per heavy atom. The molecule has 0 amide bonds. The van der Waals surface area contributed by atoms with Crippen LogP contribution in [0.3, 0.4) is 0 Å². The second kappa shape index (κ2) is 8.98. The zero-order valence-electron chi connectivity index (χ0n) is 15.1. The Balaban J connectivity index is 0.00000210. The Labute approximate surface area is 174 Å². The molecule has 0 radical (unpaired) electrons. The van der Waals surface area contributed by atoms with Gasteiger partial charge in [-0.05, 0) is 41.8 Å². The number of benzene rings is 3. The summed E-state index contributed by atoms with van der Waals surface area (Å²) in [5.74, 6) is 0. The molecule has 0 fully saturated rings. The van der Waals surface area contributed by atoms with E-state index in [4.69, 9.17) is 4.99 Å². The number of hydrogen-bond donors (Lipinski definition) is 0. The van der Waals surface area contributed by atoms with Crippen LogP contribution in [0, 0.1) is 0 Å². The van der Waals surface area contributed by atoms with Gasteiger partial charge in [-0.2, -0.15) is 0 Å². The summed E-state index contributed by atoms with van der Waals surface area (Å²) in [6, 6.07) is 29.3. The van der Waals surface area contributed by atoms with Crippen LogP contribution >= 0.6 is 28.3 Å². The molecule has 27 heavy (non-hydrogen) atoms. The standard InChI is InChI=1S/C23H20N2S.BrH/c1-2-18-13-15-19(16-14-18)22-17-26-23(24-20-9-5-3-6-10-20)25(22)21-11-7-4-8-12-21;/h3-17H,2H2,1H3;1H. The molecule has 4 aromatic rings. The van der Waals surface area contributed by atoms with Gasteiger partial charge < -0.3 is 0 Å². The lowest BCUT2D eigenvalue weighted by atomic mass is 10.1. The highest BCUT2D eigenvalue weighted by Gasteiger charge is 2.10. The van der Waals surface area contributed by atoms with Crippen LogP contribution in [0.2, 0.25) is 0 Å². The maximum absolute atomic E-state index is 4.88. The third-order valence-corrected chi connectivity index (χ3v) is 5.19. The summed E-state index contributed by atoms with van der Waals surface area (Å²) < 4.78 is 2.23. The molecule has 0 saturated heterocycles. The molecule has 0 atom stereocenters. The number of thiazole rings is 1. The third-order valence-electron chi connectivity index (χ3n) is 4.36. The van der Waals surface area contributed by atoms with Crippen molar-refractivity contribution in [3.05, 3.63) is 101 Å². The minimum atomic E-state index is 0. The van der Waals surface area contributed by atoms with Crippen molar-refractivity contribution in [3.63, 3.8) is 0 Å². The van der Waals surface area contributed by atoms with E-state index in [9.17, 15) is 0 Å². The predicted octanol–water partition coefficient (Wildman–Crippen LogP) is 6.58. The molecule has 1 aromatic heterocycles. The van der Waals surface area contributed by atoms with E-state index in [-0.39, 0.29) is 17.0 Å². The maximum atomic E-state index is 4.88. The van der Waals surface area contributed by atoms with E-state index in [1.54, 1.807) is 11.3 Å². The fourth-order valence-corrected chi connectivity index (χ4v) is 3.87. The monoisotopic (exact) mass is 436 g/mol. The average molecular weight is 437 g/mol. The van der Waals surface area contributed by atoms with Gasteiger partial charge in [0.2, 0.25) is 0 Å². The third kappa shape index (κ3) is 4.29. The fraction of sp³-hybridized carbons (Fsp3) is 0.0870. The van der Waals surface area contributed by atoms with Crippen molar-refractivity contribution in [2.24, 2.45) is 4.99 Å². The Morgan fingerprint density at radius 2 is 1.44 bits per heavy atom. The Kier molecular flexibility index (Phi) is 6.43. The van der Waals surface area contributed by atoms with Crippen LogP contribution in [0.15, 0.2) is 95.3 Å². The first kappa shape index (κ1) is 19.3. The number of para-hydroxylation sites is 2. The van der Waals surface area contributed by atoms with Crippen LogP contribution in [0.1, 0.15) is 12.5 Å². The number of aromatic nitrogens is 1.